The third-order valence-electron chi connectivity index (χ3n) is 4.21. The molecule has 23 heavy (non-hydrogen) atoms. The predicted molar refractivity (Wildman–Crippen MR) is 89.1 cm³/mol. The molecule has 0 bridgehead atoms. The van der Waals surface area contributed by atoms with Gasteiger partial charge in [-0.15, -0.1) is 11.3 Å². The van der Waals surface area contributed by atoms with Crippen LogP contribution >= 0.6 is 11.3 Å². The normalized spacial score (nSPS) is 17.7. The minimum atomic E-state index is -0.465. The Morgan fingerprint density at radius 2 is 2.04 bits per heavy atom. The summed E-state index contributed by atoms with van der Waals surface area (Å²) in [5.74, 6) is -0.465. The molecule has 0 spiro atoms. The average molecular weight is 338 g/mol. The lowest BCUT2D eigenvalue weighted by atomic mass is 10.1. The van der Waals surface area contributed by atoms with Crippen LogP contribution in [0.2, 0.25) is 0 Å². The third-order valence-corrected chi connectivity index (χ3v) is 5.42. The summed E-state index contributed by atoms with van der Waals surface area (Å²) < 4.78 is 5.29. The van der Waals surface area contributed by atoms with Gasteiger partial charge in [-0.25, -0.2) is 4.79 Å². The van der Waals surface area contributed by atoms with Gasteiger partial charge in [-0.2, -0.15) is 0 Å². The molecule has 126 valence electrons. The zero-order valence-corrected chi connectivity index (χ0v) is 13.8. The van der Waals surface area contributed by atoms with E-state index < -0.39 is 5.91 Å². The van der Waals surface area contributed by atoms with Crippen LogP contribution in [0.25, 0.3) is 0 Å². The smallest absolute Gasteiger partial charge is 0.319 e. The SMILES string of the molecule is NC(=O)c1c(NC(=O)NCCN2CCOCC2)sc2c1CCC2. The van der Waals surface area contributed by atoms with E-state index in [4.69, 9.17) is 10.5 Å². The van der Waals surface area contributed by atoms with Crippen molar-refractivity contribution in [2.75, 3.05) is 44.7 Å². The number of urea groups is 1. The summed E-state index contributed by atoms with van der Waals surface area (Å²) in [5.41, 5.74) is 6.99. The van der Waals surface area contributed by atoms with E-state index in [0.29, 0.717) is 17.1 Å². The maximum atomic E-state index is 12.0. The summed E-state index contributed by atoms with van der Waals surface area (Å²) in [6, 6.07) is -0.291. The van der Waals surface area contributed by atoms with Gasteiger partial charge in [-0.3, -0.25) is 15.0 Å². The molecule has 1 saturated heterocycles. The van der Waals surface area contributed by atoms with Gasteiger partial charge >= 0.3 is 6.03 Å². The number of thiophene rings is 1. The Morgan fingerprint density at radius 1 is 1.26 bits per heavy atom. The van der Waals surface area contributed by atoms with Gasteiger partial charge < -0.3 is 15.8 Å². The standard InChI is InChI=1S/C15H22N4O3S/c16-13(20)12-10-2-1-3-11(10)23-14(12)18-15(21)17-4-5-19-6-8-22-9-7-19/h1-9H2,(H2,16,20)(H2,17,18,21). The number of carbonyl (C=O) groups is 2. The van der Waals surface area contributed by atoms with Crippen LogP contribution in [0.15, 0.2) is 0 Å². The van der Waals surface area contributed by atoms with Crippen LogP contribution in [0.3, 0.4) is 0 Å². The molecule has 3 rings (SSSR count). The Morgan fingerprint density at radius 3 is 2.78 bits per heavy atom. The van der Waals surface area contributed by atoms with Crippen LogP contribution in [-0.4, -0.2) is 56.2 Å². The van der Waals surface area contributed by atoms with Gasteiger partial charge in [-0.05, 0) is 24.8 Å². The van der Waals surface area contributed by atoms with Crippen molar-refractivity contribution in [1.82, 2.24) is 10.2 Å². The van der Waals surface area contributed by atoms with Crippen LogP contribution in [-0.2, 0) is 17.6 Å². The minimum Gasteiger partial charge on any atom is -0.379 e. The van der Waals surface area contributed by atoms with E-state index in [0.717, 1.165) is 57.7 Å². The molecule has 2 aliphatic rings. The van der Waals surface area contributed by atoms with Crippen molar-refractivity contribution >= 4 is 28.3 Å². The van der Waals surface area contributed by atoms with Gasteiger partial charge in [0.1, 0.15) is 5.00 Å². The number of anilines is 1. The molecule has 8 heteroatoms. The summed E-state index contributed by atoms with van der Waals surface area (Å²) in [6.07, 6.45) is 2.87. The number of ether oxygens (including phenoxy) is 1. The number of morpholine rings is 1. The number of nitrogens with zero attached hydrogens (tertiary/aromatic N) is 1. The summed E-state index contributed by atoms with van der Waals surface area (Å²) in [6.45, 7) is 4.63. The summed E-state index contributed by atoms with van der Waals surface area (Å²) in [4.78, 5) is 27.1. The first-order valence-corrected chi connectivity index (χ1v) is 8.76. The summed E-state index contributed by atoms with van der Waals surface area (Å²) in [5, 5.41) is 6.19. The highest BCUT2D eigenvalue weighted by atomic mass is 32.1. The van der Waals surface area contributed by atoms with Crippen LogP contribution < -0.4 is 16.4 Å². The van der Waals surface area contributed by atoms with Crippen LogP contribution in [0, 0.1) is 0 Å². The summed E-state index contributed by atoms with van der Waals surface area (Å²) in [7, 11) is 0. The van der Waals surface area contributed by atoms with Gasteiger partial charge in [0.25, 0.3) is 5.91 Å². The second kappa shape index (κ2) is 7.29. The molecule has 2 heterocycles. The number of primary amides is 1. The first-order valence-electron chi connectivity index (χ1n) is 7.94. The quantitative estimate of drug-likeness (QED) is 0.739. The minimum absolute atomic E-state index is 0.291. The number of aryl methyl sites for hydroxylation is 1. The number of nitrogens with two attached hydrogens (primary N) is 1. The van der Waals surface area contributed by atoms with Crippen molar-refractivity contribution < 1.29 is 14.3 Å². The first kappa shape index (κ1) is 16.2. The van der Waals surface area contributed by atoms with Gasteiger partial charge in [0.15, 0.2) is 0 Å². The Bertz CT molecular complexity index is 596. The fourth-order valence-electron chi connectivity index (χ4n) is 3.05. The number of hydrogen-bond acceptors (Lipinski definition) is 5. The van der Waals surface area contributed by atoms with Crippen LogP contribution in [0.4, 0.5) is 9.80 Å². The zero-order valence-electron chi connectivity index (χ0n) is 13.0. The topological polar surface area (TPSA) is 96.7 Å². The fraction of sp³-hybridized carbons (Fsp3) is 0.600. The van der Waals surface area contributed by atoms with E-state index in [1.807, 2.05) is 0 Å². The lowest BCUT2D eigenvalue weighted by Gasteiger charge is -2.26. The maximum Gasteiger partial charge on any atom is 0.319 e. The largest absolute Gasteiger partial charge is 0.379 e. The molecule has 0 aromatic carbocycles. The predicted octanol–water partition coefficient (Wildman–Crippen LogP) is 0.789. The Balaban J connectivity index is 1.52. The molecule has 0 atom stereocenters. The van der Waals surface area contributed by atoms with Gasteiger partial charge in [0.2, 0.25) is 0 Å². The number of hydrogen-bond donors (Lipinski definition) is 3. The van der Waals surface area contributed by atoms with E-state index in [9.17, 15) is 9.59 Å². The maximum absolute atomic E-state index is 12.0. The van der Waals surface area contributed by atoms with E-state index >= 15 is 0 Å². The highest BCUT2D eigenvalue weighted by Crippen LogP contribution is 2.38. The second-order valence-corrected chi connectivity index (χ2v) is 6.87. The van der Waals surface area contributed by atoms with Crippen molar-refractivity contribution in [1.29, 1.82) is 0 Å². The Hall–Kier alpha value is -1.64. The van der Waals surface area contributed by atoms with Crippen molar-refractivity contribution in [2.24, 2.45) is 5.73 Å². The van der Waals surface area contributed by atoms with Crippen molar-refractivity contribution in [3.63, 3.8) is 0 Å². The first-order chi connectivity index (χ1) is 11.1. The molecule has 3 amide bonds. The lowest BCUT2D eigenvalue weighted by Crippen LogP contribution is -2.42. The van der Waals surface area contributed by atoms with Gasteiger partial charge in [0.05, 0.1) is 18.8 Å². The van der Waals surface area contributed by atoms with Crippen LogP contribution in [0.5, 0.6) is 0 Å². The monoisotopic (exact) mass is 338 g/mol. The van der Waals surface area contributed by atoms with Crippen molar-refractivity contribution in [3.05, 3.63) is 16.0 Å². The number of rotatable bonds is 5. The average Bonchev–Trinajstić information content (AvgIpc) is 3.08. The van der Waals surface area contributed by atoms with E-state index in [2.05, 4.69) is 15.5 Å². The second-order valence-electron chi connectivity index (χ2n) is 5.76. The molecule has 4 N–H and O–H groups in total. The molecule has 0 unspecified atom stereocenters. The van der Waals surface area contributed by atoms with Gasteiger partial charge in [-0.1, -0.05) is 0 Å². The molecule has 1 aliphatic heterocycles. The van der Waals surface area contributed by atoms with E-state index in [-0.39, 0.29) is 6.03 Å². The number of nitrogens with one attached hydrogen (secondary N) is 2. The number of fused-ring (bicyclic) bond motifs is 1. The highest BCUT2D eigenvalue weighted by molar-refractivity contribution is 7.17. The molecule has 1 aromatic heterocycles. The molecular weight excluding hydrogens is 316 g/mol. The Kier molecular flexibility index (Phi) is 5.14. The molecule has 7 nitrogen and oxygen atoms in total. The number of carbonyl (C=O) groups excluding carboxylic acids is 2. The van der Waals surface area contributed by atoms with Crippen molar-refractivity contribution in [2.45, 2.75) is 19.3 Å². The molecule has 0 saturated carbocycles. The Labute approximate surface area is 139 Å². The molecule has 1 fully saturated rings. The molecule has 1 aromatic rings. The highest BCUT2D eigenvalue weighted by Gasteiger charge is 2.26. The van der Waals surface area contributed by atoms with Crippen LogP contribution in [0.1, 0.15) is 27.2 Å². The van der Waals surface area contributed by atoms with E-state index in [1.54, 1.807) is 0 Å². The fourth-order valence-corrected chi connectivity index (χ4v) is 4.34. The van der Waals surface area contributed by atoms with Crippen molar-refractivity contribution in [3.8, 4) is 0 Å². The number of amides is 3. The van der Waals surface area contributed by atoms with E-state index in [1.165, 1.54) is 16.2 Å². The third kappa shape index (κ3) is 3.82. The zero-order chi connectivity index (χ0) is 16.2. The lowest BCUT2D eigenvalue weighted by molar-refractivity contribution is 0.0388. The molecular formula is C15H22N4O3S. The van der Waals surface area contributed by atoms with Gasteiger partial charge in [0, 0.05) is 31.1 Å². The molecule has 0 radical (unpaired) electrons. The summed E-state index contributed by atoms with van der Waals surface area (Å²) >= 11 is 1.47. The molecule has 1 aliphatic carbocycles.